The summed E-state index contributed by atoms with van der Waals surface area (Å²) >= 11 is 0. The van der Waals surface area contributed by atoms with Crippen LogP contribution in [0, 0.1) is 11.3 Å². The second-order valence-electron chi connectivity index (χ2n) is 4.51. The maximum Gasteiger partial charge on any atom is 0.152 e. The van der Waals surface area contributed by atoms with Gasteiger partial charge in [-0.05, 0) is 31.0 Å². The van der Waals surface area contributed by atoms with Gasteiger partial charge in [0.25, 0.3) is 0 Å². The van der Waals surface area contributed by atoms with Crippen molar-refractivity contribution in [3.05, 3.63) is 23.8 Å². The van der Waals surface area contributed by atoms with Gasteiger partial charge in [-0.25, -0.2) is 8.42 Å². The Kier molecular flexibility index (Phi) is 3.43. The Morgan fingerprint density at radius 3 is 2.89 bits per heavy atom. The van der Waals surface area contributed by atoms with E-state index >= 15 is 0 Å². The molecule has 0 saturated carbocycles. The maximum absolute atomic E-state index is 11.5. The molecule has 6 heteroatoms. The smallest absolute Gasteiger partial charge is 0.152 e. The van der Waals surface area contributed by atoms with Gasteiger partial charge in [0, 0.05) is 6.04 Å². The minimum atomic E-state index is -2.95. The van der Waals surface area contributed by atoms with E-state index in [9.17, 15) is 8.42 Å². The molecule has 0 bridgehead atoms. The van der Waals surface area contributed by atoms with Crippen LogP contribution in [0.1, 0.15) is 18.4 Å². The fourth-order valence-corrected chi connectivity index (χ4v) is 3.74. The molecule has 1 heterocycles. The number of hydrogen-bond acceptors (Lipinski definition) is 5. The first-order valence-electron chi connectivity index (χ1n) is 5.77. The van der Waals surface area contributed by atoms with Crippen molar-refractivity contribution in [1.29, 1.82) is 5.26 Å². The number of rotatable bonds is 2. The molecule has 5 nitrogen and oxygen atoms in total. The molecule has 2 rings (SSSR count). The Hall–Kier alpha value is -1.74. The van der Waals surface area contributed by atoms with Gasteiger partial charge in [-0.3, -0.25) is 0 Å². The van der Waals surface area contributed by atoms with Crippen LogP contribution >= 0.6 is 0 Å². The third-order valence-corrected chi connectivity index (χ3v) is 4.83. The summed E-state index contributed by atoms with van der Waals surface area (Å²) in [5.41, 5.74) is 7.47. The molecular formula is C12H15N3O2S. The molecule has 1 aliphatic rings. The molecule has 1 atom stereocenters. The molecule has 96 valence electrons. The molecule has 0 amide bonds. The molecule has 1 aliphatic heterocycles. The number of benzene rings is 1. The van der Waals surface area contributed by atoms with Crippen LogP contribution in [0.2, 0.25) is 0 Å². The van der Waals surface area contributed by atoms with Crippen LogP contribution in [0.15, 0.2) is 18.2 Å². The average molecular weight is 265 g/mol. The summed E-state index contributed by atoms with van der Waals surface area (Å²) < 4.78 is 23.1. The molecule has 0 radical (unpaired) electrons. The highest BCUT2D eigenvalue weighted by Crippen LogP contribution is 2.23. The maximum atomic E-state index is 11.5. The molecule has 1 fully saturated rings. The fourth-order valence-electron chi connectivity index (χ4n) is 2.11. The van der Waals surface area contributed by atoms with Crippen LogP contribution in [0.3, 0.4) is 0 Å². The van der Waals surface area contributed by atoms with E-state index in [0.29, 0.717) is 23.4 Å². The minimum Gasteiger partial charge on any atom is -0.397 e. The van der Waals surface area contributed by atoms with Crippen molar-refractivity contribution in [2.24, 2.45) is 0 Å². The van der Waals surface area contributed by atoms with Gasteiger partial charge >= 0.3 is 0 Å². The number of nitrogens with one attached hydrogen (secondary N) is 1. The van der Waals surface area contributed by atoms with E-state index in [2.05, 4.69) is 5.32 Å². The molecule has 1 aromatic carbocycles. The Morgan fingerprint density at radius 1 is 1.44 bits per heavy atom. The number of nitrogens with zero attached hydrogens (tertiary/aromatic N) is 1. The standard InChI is InChI=1S/C12H15N3O2S/c13-7-9-3-4-11(14)12(6-9)15-10-2-1-5-18(16,17)8-10/h3-4,6,10,15H,1-2,5,8,14H2. The monoisotopic (exact) mass is 265 g/mol. The molecule has 0 aliphatic carbocycles. The van der Waals surface area contributed by atoms with Gasteiger partial charge in [0.15, 0.2) is 9.84 Å². The van der Waals surface area contributed by atoms with Crippen molar-refractivity contribution in [2.45, 2.75) is 18.9 Å². The highest BCUT2D eigenvalue weighted by Gasteiger charge is 2.24. The van der Waals surface area contributed by atoms with Crippen molar-refractivity contribution in [3.8, 4) is 6.07 Å². The summed E-state index contributed by atoms with van der Waals surface area (Å²) in [6, 6.07) is 6.85. The van der Waals surface area contributed by atoms with Gasteiger partial charge in [0.2, 0.25) is 0 Å². The summed E-state index contributed by atoms with van der Waals surface area (Å²) in [5.74, 6) is 0.391. The van der Waals surface area contributed by atoms with E-state index in [1.165, 1.54) is 0 Å². The first kappa shape index (κ1) is 12.7. The second-order valence-corrected chi connectivity index (χ2v) is 6.74. The van der Waals surface area contributed by atoms with Crippen LogP contribution in [0.4, 0.5) is 11.4 Å². The van der Waals surface area contributed by atoms with Gasteiger partial charge in [-0.15, -0.1) is 0 Å². The normalized spacial score (nSPS) is 22.1. The lowest BCUT2D eigenvalue weighted by molar-refractivity contribution is 0.562. The van der Waals surface area contributed by atoms with E-state index in [4.69, 9.17) is 11.0 Å². The summed E-state index contributed by atoms with van der Waals surface area (Å²) in [4.78, 5) is 0. The third kappa shape index (κ3) is 2.93. The van der Waals surface area contributed by atoms with Crippen LogP contribution in [-0.2, 0) is 9.84 Å². The zero-order chi connectivity index (χ0) is 13.2. The second kappa shape index (κ2) is 4.86. The van der Waals surface area contributed by atoms with E-state index in [1.807, 2.05) is 6.07 Å². The van der Waals surface area contributed by atoms with E-state index in [1.54, 1.807) is 18.2 Å². The van der Waals surface area contributed by atoms with Crippen molar-refractivity contribution < 1.29 is 8.42 Å². The van der Waals surface area contributed by atoms with Gasteiger partial charge in [0.1, 0.15) is 0 Å². The average Bonchev–Trinajstić information content (AvgIpc) is 2.31. The Balaban J connectivity index is 2.17. The van der Waals surface area contributed by atoms with Crippen LogP contribution in [0.5, 0.6) is 0 Å². The highest BCUT2D eigenvalue weighted by atomic mass is 32.2. The van der Waals surface area contributed by atoms with Crippen LogP contribution < -0.4 is 11.1 Å². The number of nitrogens with two attached hydrogens (primary N) is 1. The summed E-state index contributed by atoms with van der Waals surface area (Å²) in [6.07, 6.45) is 1.47. The van der Waals surface area contributed by atoms with E-state index in [0.717, 1.165) is 6.42 Å². The summed E-state index contributed by atoms with van der Waals surface area (Å²) in [7, 11) is -2.95. The molecule has 3 N–H and O–H groups in total. The zero-order valence-electron chi connectivity index (χ0n) is 9.89. The lowest BCUT2D eigenvalue weighted by Crippen LogP contribution is -2.35. The van der Waals surface area contributed by atoms with E-state index in [-0.39, 0.29) is 17.5 Å². The van der Waals surface area contributed by atoms with Crippen LogP contribution in [0.25, 0.3) is 0 Å². The van der Waals surface area contributed by atoms with Gasteiger partial charge < -0.3 is 11.1 Å². The Bertz CT molecular complexity index is 590. The summed E-state index contributed by atoms with van der Waals surface area (Å²) in [5, 5.41) is 12.0. The zero-order valence-corrected chi connectivity index (χ0v) is 10.7. The Labute approximate surface area is 107 Å². The predicted octanol–water partition coefficient (Wildman–Crippen LogP) is 1.13. The SMILES string of the molecule is N#Cc1ccc(N)c(NC2CCCS(=O)(=O)C2)c1. The number of anilines is 2. The number of sulfone groups is 1. The third-order valence-electron chi connectivity index (χ3n) is 3.01. The quantitative estimate of drug-likeness (QED) is 0.781. The van der Waals surface area contributed by atoms with E-state index < -0.39 is 9.84 Å². The number of nitriles is 1. The first-order chi connectivity index (χ1) is 8.50. The molecular weight excluding hydrogens is 250 g/mol. The Morgan fingerprint density at radius 2 is 2.22 bits per heavy atom. The topological polar surface area (TPSA) is 96.0 Å². The summed E-state index contributed by atoms with van der Waals surface area (Å²) in [6.45, 7) is 0. The first-order valence-corrected chi connectivity index (χ1v) is 7.59. The highest BCUT2D eigenvalue weighted by molar-refractivity contribution is 7.91. The van der Waals surface area contributed by atoms with Gasteiger partial charge in [-0.2, -0.15) is 5.26 Å². The molecule has 0 aromatic heterocycles. The number of hydrogen-bond donors (Lipinski definition) is 2. The lowest BCUT2D eigenvalue weighted by Gasteiger charge is -2.24. The fraction of sp³-hybridized carbons (Fsp3) is 0.417. The largest absolute Gasteiger partial charge is 0.397 e. The lowest BCUT2D eigenvalue weighted by atomic mass is 10.1. The molecule has 0 spiro atoms. The molecule has 18 heavy (non-hydrogen) atoms. The van der Waals surface area contributed by atoms with Crippen molar-refractivity contribution >= 4 is 21.2 Å². The number of nitrogen functional groups attached to an aromatic ring is 1. The van der Waals surface area contributed by atoms with Crippen molar-refractivity contribution in [3.63, 3.8) is 0 Å². The molecule has 1 unspecified atom stereocenters. The van der Waals surface area contributed by atoms with Gasteiger partial charge in [0.05, 0.1) is 34.5 Å². The molecule has 1 saturated heterocycles. The predicted molar refractivity (Wildman–Crippen MR) is 70.9 cm³/mol. The minimum absolute atomic E-state index is 0.125. The van der Waals surface area contributed by atoms with Crippen molar-refractivity contribution in [1.82, 2.24) is 0 Å². The van der Waals surface area contributed by atoms with Gasteiger partial charge in [-0.1, -0.05) is 0 Å². The van der Waals surface area contributed by atoms with Crippen molar-refractivity contribution in [2.75, 3.05) is 22.6 Å². The molecule has 1 aromatic rings. The van der Waals surface area contributed by atoms with Crippen LogP contribution in [-0.4, -0.2) is 26.0 Å².